The van der Waals surface area contributed by atoms with Crippen LogP contribution in [0.4, 0.5) is 0 Å². The third-order valence-corrected chi connectivity index (χ3v) is 1.79. The molecule has 0 aliphatic carbocycles. The molecular weight excluding hydrogens is 150 g/mol. The van der Waals surface area contributed by atoms with Crippen molar-refractivity contribution < 1.29 is 0 Å². The van der Waals surface area contributed by atoms with E-state index < -0.39 is 0 Å². The van der Waals surface area contributed by atoms with E-state index in [1.165, 1.54) is 5.82 Å². The van der Waals surface area contributed by atoms with Crippen LogP contribution in [-0.2, 0) is 13.1 Å². The van der Waals surface area contributed by atoms with Crippen LogP contribution >= 0.6 is 0 Å². The lowest BCUT2D eigenvalue weighted by Gasteiger charge is -2.13. The fourth-order valence-electron chi connectivity index (χ4n) is 1.33. The molecule has 1 aromatic heterocycles. The second kappa shape index (κ2) is 4.26. The fourth-order valence-corrected chi connectivity index (χ4v) is 1.33. The smallest absolute Gasteiger partial charge is 0.123 e. The van der Waals surface area contributed by atoms with Gasteiger partial charge in [-0.15, -0.1) is 0 Å². The van der Waals surface area contributed by atoms with Crippen LogP contribution in [0.15, 0.2) is 6.20 Å². The first-order valence-corrected chi connectivity index (χ1v) is 4.59. The number of hydrogen-bond acceptors (Lipinski definition) is 2. The molecule has 0 radical (unpaired) electrons. The maximum absolute atomic E-state index is 4.35. The number of aryl methyl sites for hydroxylation is 1. The summed E-state index contributed by atoms with van der Waals surface area (Å²) in [6.07, 6.45) is 2.11. The topological polar surface area (TPSA) is 29.9 Å². The highest BCUT2D eigenvalue weighted by atomic mass is 15.1. The van der Waals surface area contributed by atoms with Gasteiger partial charge in [0.15, 0.2) is 0 Å². The molecule has 12 heavy (non-hydrogen) atoms. The van der Waals surface area contributed by atoms with Crippen molar-refractivity contribution in [2.24, 2.45) is 0 Å². The van der Waals surface area contributed by atoms with E-state index in [2.05, 4.69) is 21.1 Å². The monoisotopic (exact) mass is 167 g/mol. The molecule has 0 atom stereocenters. The normalized spacial score (nSPS) is 14.6. The van der Waals surface area contributed by atoms with Gasteiger partial charge in [-0.2, -0.15) is 0 Å². The Bertz CT molecular complexity index is 216. The first-order chi connectivity index (χ1) is 5.86. The van der Waals surface area contributed by atoms with Gasteiger partial charge in [0.25, 0.3) is 0 Å². The molecule has 0 aromatic carbocycles. The van der Waals surface area contributed by atoms with Gasteiger partial charge in [-0.3, -0.25) is 0 Å². The SMILES string of the molecule is CC.Cc1cn2c(n1)CNCC2. The van der Waals surface area contributed by atoms with Gasteiger partial charge in [-0.25, -0.2) is 4.98 Å². The Morgan fingerprint density at radius 3 is 2.92 bits per heavy atom. The van der Waals surface area contributed by atoms with Gasteiger partial charge >= 0.3 is 0 Å². The van der Waals surface area contributed by atoms with Gasteiger partial charge in [0.1, 0.15) is 5.82 Å². The average molecular weight is 167 g/mol. The zero-order valence-corrected chi connectivity index (χ0v) is 8.09. The first kappa shape index (κ1) is 9.26. The van der Waals surface area contributed by atoms with Crippen LogP contribution < -0.4 is 5.32 Å². The Morgan fingerprint density at radius 1 is 1.50 bits per heavy atom. The minimum atomic E-state index is 0.924. The molecule has 3 heteroatoms. The summed E-state index contributed by atoms with van der Waals surface area (Å²) in [5, 5.41) is 3.27. The lowest BCUT2D eigenvalue weighted by molar-refractivity contribution is 0.505. The van der Waals surface area contributed by atoms with Gasteiger partial charge in [0, 0.05) is 19.3 Å². The van der Waals surface area contributed by atoms with E-state index in [1.807, 2.05) is 20.8 Å². The predicted molar refractivity (Wildman–Crippen MR) is 50.0 cm³/mol. The standard InChI is InChI=1S/C7H11N3.C2H6/c1-6-5-10-3-2-8-4-7(10)9-6;1-2/h5,8H,2-4H2,1H3;1-2H3. The van der Waals surface area contributed by atoms with Crippen molar-refractivity contribution in [2.45, 2.75) is 33.9 Å². The van der Waals surface area contributed by atoms with Crippen LogP contribution in [0.2, 0.25) is 0 Å². The molecule has 68 valence electrons. The molecule has 1 aliphatic heterocycles. The number of aromatic nitrogens is 2. The van der Waals surface area contributed by atoms with Crippen molar-refractivity contribution in [1.29, 1.82) is 0 Å². The molecule has 1 N–H and O–H groups in total. The van der Waals surface area contributed by atoms with Crippen molar-refractivity contribution in [3.8, 4) is 0 Å². The second-order valence-corrected chi connectivity index (χ2v) is 2.67. The van der Waals surface area contributed by atoms with Crippen molar-refractivity contribution in [3.05, 3.63) is 17.7 Å². The molecule has 2 heterocycles. The summed E-state index contributed by atoms with van der Waals surface area (Å²) in [6.45, 7) is 9.10. The van der Waals surface area contributed by atoms with E-state index in [-0.39, 0.29) is 0 Å². The third-order valence-electron chi connectivity index (χ3n) is 1.79. The Hall–Kier alpha value is -0.830. The van der Waals surface area contributed by atoms with Gasteiger partial charge < -0.3 is 9.88 Å². The summed E-state index contributed by atoms with van der Waals surface area (Å²) in [4.78, 5) is 4.35. The second-order valence-electron chi connectivity index (χ2n) is 2.67. The largest absolute Gasteiger partial charge is 0.332 e. The predicted octanol–water partition coefficient (Wildman–Crippen LogP) is 1.32. The maximum Gasteiger partial charge on any atom is 0.123 e. The molecule has 0 amide bonds. The van der Waals surface area contributed by atoms with Gasteiger partial charge in [0.2, 0.25) is 0 Å². The molecule has 0 spiro atoms. The number of nitrogens with one attached hydrogen (secondary N) is 1. The van der Waals surface area contributed by atoms with E-state index >= 15 is 0 Å². The highest BCUT2D eigenvalue weighted by molar-refractivity contribution is 5.03. The summed E-state index contributed by atoms with van der Waals surface area (Å²) >= 11 is 0. The number of hydrogen-bond donors (Lipinski definition) is 1. The fraction of sp³-hybridized carbons (Fsp3) is 0.667. The number of nitrogens with zero attached hydrogens (tertiary/aromatic N) is 2. The van der Waals surface area contributed by atoms with E-state index in [0.29, 0.717) is 0 Å². The molecule has 1 aromatic rings. The number of fused-ring (bicyclic) bond motifs is 1. The third kappa shape index (κ3) is 1.85. The minimum absolute atomic E-state index is 0.924. The molecule has 0 unspecified atom stereocenters. The summed E-state index contributed by atoms with van der Waals surface area (Å²) in [5.74, 6) is 1.17. The molecule has 0 saturated heterocycles. The molecule has 0 fully saturated rings. The lowest BCUT2D eigenvalue weighted by Crippen LogP contribution is -2.27. The van der Waals surface area contributed by atoms with E-state index in [1.54, 1.807) is 0 Å². The maximum atomic E-state index is 4.35. The molecule has 3 nitrogen and oxygen atoms in total. The summed E-state index contributed by atoms with van der Waals surface area (Å²) in [6, 6.07) is 0. The van der Waals surface area contributed by atoms with E-state index in [4.69, 9.17) is 0 Å². The summed E-state index contributed by atoms with van der Waals surface area (Å²) in [7, 11) is 0. The van der Waals surface area contributed by atoms with Crippen LogP contribution in [0.3, 0.4) is 0 Å². The van der Waals surface area contributed by atoms with Crippen molar-refractivity contribution in [2.75, 3.05) is 6.54 Å². The summed E-state index contributed by atoms with van der Waals surface area (Å²) in [5.41, 5.74) is 1.12. The van der Waals surface area contributed by atoms with Crippen LogP contribution in [0.5, 0.6) is 0 Å². The Balaban J connectivity index is 0.000000336. The van der Waals surface area contributed by atoms with Crippen LogP contribution in [0.25, 0.3) is 0 Å². The van der Waals surface area contributed by atoms with Gasteiger partial charge in [-0.05, 0) is 6.92 Å². The zero-order chi connectivity index (χ0) is 8.97. The Labute approximate surface area is 73.8 Å². The van der Waals surface area contributed by atoms with Crippen LogP contribution in [0, 0.1) is 6.92 Å². The summed E-state index contributed by atoms with van der Waals surface area (Å²) < 4.78 is 2.21. The molecule has 1 aliphatic rings. The quantitative estimate of drug-likeness (QED) is 0.631. The van der Waals surface area contributed by atoms with Gasteiger partial charge in [0.05, 0.1) is 12.2 Å². The average Bonchev–Trinajstić information content (AvgIpc) is 2.48. The van der Waals surface area contributed by atoms with Crippen molar-refractivity contribution in [1.82, 2.24) is 14.9 Å². The number of imidazole rings is 1. The Kier molecular flexibility index (Phi) is 3.29. The molecular formula is C9H17N3. The minimum Gasteiger partial charge on any atom is -0.332 e. The molecule has 2 rings (SSSR count). The van der Waals surface area contributed by atoms with E-state index in [9.17, 15) is 0 Å². The molecule has 0 saturated carbocycles. The van der Waals surface area contributed by atoms with Gasteiger partial charge in [-0.1, -0.05) is 13.8 Å². The highest BCUT2D eigenvalue weighted by Gasteiger charge is 2.08. The number of rotatable bonds is 0. The van der Waals surface area contributed by atoms with Crippen LogP contribution in [0.1, 0.15) is 25.4 Å². The lowest BCUT2D eigenvalue weighted by atomic mass is 10.4. The van der Waals surface area contributed by atoms with Crippen LogP contribution in [-0.4, -0.2) is 16.1 Å². The first-order valence-electron chi connectivity index (χ1n) is 4.59. The molecule has 0 bridgehead atoms. The zero-order valence-electron chi connectivity index (χ0n) is 8.09. The Morgan fingerprint density at radius 2 is 2.25 bits per heavy atom. The van der Waals surface area contributed by atoms with E-state index in [0.717, 1.165) is 25.3 Å². The highest BCUT2D eigenvalue weighted by Crippen LogP contribution is 2.04. The van der Waals surface area contributed by atoms with Crippen molar-refractivity contribution >= 4 is 0 Å². The van der Waals surface area contributed by atoms with Crippen molar-refractivity contribution in [3.63, 3.8) is 0 Å².